The number of amidine groups is 1. The number of rotatable bonds is 11. The molecule has 0 bridgehead atoms. The zero-order valence-electron chi connectivity index (χ0n) is 38.6. The van der Waals surface area contributed by atoms with Crippen LogP contribution in [0.3, 0.4) is 0 Å². The molecule has 0 saturated heterocycles. The zero-order valence-corrected chi connectivity index (χ0v) is 38.6. The van der Waals surface area contributed by atoms with Crippen molar-refractivity contribution in [3.05, 3.63) is 222 Å². The van der Waals surface area contributed by atoms with Crippen LogP contribution in [-0.2, 0) is 13.1 Å². The van der Waals surface area contributed by atoms with E-state index in [2.05, 4.69) is 171 Å². The summed E-state index contributed by atoms with van der Waals surface area (Å²) < 4.78 is 0. The molecule has 0 saturated carbocycles. The van der Waals surface area contributed by atoms with Gasteiger partial charge in [0.2, 0.25) is 0 Å². The lowest BCUT2D eigenvalue weighted by Gasteiger charge is -2.16. The molecular formula is C60H65N3. The Hall–Kier alpha value is -7.41. The van der Waals surface area contributed by atoms with Crippen LogP contribution in [-0.4, -0.2) is 19.3 Å². The number of aryl methyl sites for hydroxylation is 1. The molecule has 0 aliphatic rings. The third-order valence-electron chi connectivity index (χ3n) is 9.37. The number of allylic oxidation sites excluding steroid dienone is 9. The summed E-state index contributed by atoms with van der Waals surface area (Å²) >= 11 is 0. The van der Waals surface area contributed by atoms with Crippen molar-refractivity contribution in [2.75, 3.05) is 0 Å². The van der Waals surface area contributed by atoms with E-state index in [4.69, 9.17) is 0 Å². The fourth-order valence-corrected chi connectivity index (χ4v) is 6.56. The monoisotopic (exact) mass is 828 g/mol. The first-order valence-corrected chi connectivity index (χ1v) is 21.0. The normalized spacial score (nSPS) is 11.0. The molecule has 0 aliphatic carbocycles. The van der Waals surface area contributed by atoms with Crippen molar-refractivity contribution >= 4 is 58.5 Å². The number of benzene rings is 6. The van der Waals surface area contributed by atoms with Crippen molar-refractivity contribution in [2.24, 2.45) is 15.0 Å². The van der Waals surface area contributed by atoms with E-state index in [1.165, 1.54) is 49.4 Å². The SMILES string of the molecule is C#C.C/C=C\C.C=C(C)C.C=C/C(=C\C=C/C)c1ccc(-c2ccc(C(N=C)=NCc3ccccc3)cc2)cc1.C=Cc1c(/C=C\C)c2ccccc2c2cc(C)cc(CN=C)c12. The molecule has 6 rings (SSSR count). The topological polar surface area (TPSA) is 37.1 Å². The summed E-state index contributed by atoms with van der Waals surface area (Å²) in [6.07, 6.45) is 26.2. The van der Waals surface area contributed by atoms with Gasteiger partial charge in [0.15, 0.2) is 5.84 Å². The molecule has 0 unspecified atom stereocenters. The van der Waals surface area contributed by atoms with Crippen LogP contribution >= 0.6 is 0 Å². The van der Waals surface area contributed by atoms with Crippen LogP contribution in [0, 0.1) is 19.8 Å². The Labute approximate surface area is 379 Å². The molecular weight excluding hydrogens is 763 g/mol. The minimum atomic E-state index is 0.588. The lowest BCUT2D eigenvalue weighted by Crippen LogP contribution is -1.98. The van der Waals surface area contributed by atoms with Crippen molar-refractivity contribution in [3.63, 3.8) is 0 Å². The Balaban J connectivity index is 0.000000365. The van der Waals surface area contributed by atoms with E-state index in [-0.39, 0.29) is 0 Å². The number of fused-ring (bicyclic) bond motifs is 3. The highest BCUT2D eigenvalue weighted by atomic mass is 14.9. The average Bonchev–Trinajstić information content (AvgIpc) is 3.31. The second-order valence-corrected chi connectivity index (χ2v) is 14.5. The lowest BCUT2D eigenvalue weighted by molar-refractivity contribution is 1.06. The van der Waals surface area contributed by atoms with Crippen molar-refractivity contribution in [1.82, 2.24) is 0 Å². The molecule has 6 aromatic rings. The van der Waals surface area contributed by atoms with Crippen LogP contribution in [0.5, 0.6) is 0 Å². The predicted octanol–water partition coefficient (Wildman–Crippen LogP) is 16.7. The Kier molecular flexibility index (Phi) is 23.8. The highest BCUT2D eigenvalue weighted by Crippen LogP contribution is 2.37. The first-order valence-electron chi connectivity index (χ1n) is 21.0. The van der Waals surface area contributed by atoms with Crippen LogP contribution in [0.1, 0.15) is 80.5 Å². The van der Waals surface area contributed by atoms with Crippen molar-refractivity contribution in [3.8, 4) is 24.0 Å². The molecule has 320 valence electrons. The second kappa shape index (κ2) is 28.9. The van der Waals surface area contributed by atoms with E-state index in [9.17, 15) is 0 Å². The molecule has 0 amide bonds. The van der Waals surface area contributed by atoms with E-state index in [1.807, 2.05) is 108 Å². The number of aliphatic imine (C=N–C) groups is 3. The molecule has 3 heteroatoms. The summed E-state index contributed by atoms with van der Waals surface area (Å²) in [6.45, 7) is 34.2. The predicted molar refractivity (Wildman–Crippen MR) is 286 cm³/mol. The van der Waals surface area contributed by atoms with Crippen LogP contribution in [0.25, 0.3) is 50.4 Å². The smallest absolute Gasteiger partial charge is 0.154 e. The minimum Gasteiger partial charge on any atom is -0.296 e. The first kappa shape index (κ1) is 51.7. The van der Waals surface area contributed by atoms with E-state index in [0.717, 1.165) is 33.4 Å². The highest BCUT2D eigenvalue weighted by molar-refractivity contribution is 6.16. The van der Waals surface area contributed by atoms with Gasteiger partial charge in [-0.3, -0.25) is 9.98 Å². The van der Waals surface area contributed by atoms with Crippen molar-refractivity contribution in [1.29, 1.82) is 0 Å². The quantitative estimate of drug-likeness (QED) is 0.0312. The average molecular weight is 828 g/mol. The molecule has 63 heavy (non-hydrogen) atoms. The van der Waals surface area contributed by atoms with E-state index in [0.29, 0.717) is 18.9 Å². The van der Waals surface area contributed by atoms with Gasteiger partial charge in [-0.05, 0) is 128 Å². The van der Waals surface area contributed by atoms with Gasteiger partial charge in [0, 0.05) is 5.56 Å². The minimum absolute atomic E-state index is 0.588. The fourth-order valence-electron chi connectivity index (χ4n) is 6.56. The van der Waals surface area contributed by atoms with Gasteiger partial charge in [-0.25, -0.2) is 4.99 Å². The van der Waals surface area contributed by atoms with Crippen LogP contribution in [0.2, 0.25) is 0 Å². The Morgan fingerprint density at radius 3 is 1.68 bits per heavy atom. The zero-order chi connectivity index (χ0) is 46.6. The summed E-state index contributed by atoms with van der Waals surface area (Å²) in [5.41, 5.74) is 12.7. The van der Waals surface area contributed by atoms with Gasteiger partial charge >= 0.3 is 0 Å². The summed E-state index contributed by atoms with van der Waals surface area (Å²) in [7, 11) is 0. The number of hydrogen-bond acceptors (Lipinski definition) is 2. The maximum atomic E-state index is 4.62. The van der Waals surface area contributed by atoms with Crippen LogP contribution < -0.4 is 0 Å². The molecule has 0 atom stereocenters. The fraction of sp³-hybridized carbons (Fsp3) is 0.150. The molecule has 0 heterocycles. The largest absolute Gasteiger partial charge is 0.296 e. The van der Waals surface area contributed by atoms with Crippen molar-refractivity contribution < 1.29 is 0 Å². The standard InChI is InChI=1S/C28H26N2.C22H21N.2C4H8.C2H2/c1-4-6-12-23(5-2)24-13-15-25(16-14-24)26-17-19-27(20-18-26)28(29-3)30-21-22-10-8-7-9-11-22;1-5-9-18-17(6-2)22-16(14-23-4)12-15(3)13-21(22)20-11-8-7-10-19(18)20;1-4(2)3;1-3-4-2;1-2/h4-20H,2-3,21H2,1H3;5-13H,2,4,14H2,1,3H3;1H2,2-3H3;3-4H,1-2H3;1-2H/b6-4-,23-12+,30-28?;9-5-;;4-3-;. The first-order chi connectivity index (χ1) is 30.6. The Morgan fingerprint density at radius 1 is 0.635 bits per heavy atom. The third kappa shape index (κ3) is 15.9. The maximum Gasteiger partial charge on any atom is 0.154 e. The van der Waals surface area contributed by atoms with Gasteiger partial charge < -0.3 is 0 Å². The molecule has 0 N–H and O–H groups in total. The number of nitrogens with zero attached hydrogens (tertiary/aromatic N) is 3. The van der Waals surface area contributed by atoms with Gasteiger partial charge in [0.05, 0.1) is 13.1 Å². The number of hydrogen-bond donors (Lipinski definition) is 0. The van der Waals surface area contributed by atoms with Crippen LogP contribution in [0.4, 0.5) is 0 Å². The molecule has 6 aromatic carbocycles. The molecule has 0 radical (unpaired) electrons. The summed E-state index contributed by atoms with van der Waals surface area (Å²) in [4.78, 5) is 12.9. The van der Waals surface area contributed by atoms with E-state index < -0.39 is 0 Å². The Morgan fingerprint density at radius 2 is 1.19 bits per heavy atom. The van der Waals surface area contributed by atoms with E-state index >= 15 is 0 Å². The molecule has 3 nitrogen and oxygen atoms in total. The van der Waals surface area contributed by atoms with Gasteiger partial charge in [-0.1, -0.05) is 194 Å². The maximum absolute atomic E-state index is 4.62. The van der Waals surface area contributed by atoms with Crippen LogP contribution in [0.15, 0.2) is 198 Å². The number of terminal acetylenes is 1. The van der Waals surface area contributed by atoms with E-state index in [1.54, 1.807) is 0 Å². The van der Waals surface area contributed by atoms with Gasteiger partial charge in [-0.2, -0.15) is 0 Å². The van der Waals surface area contributed by atoms with Gasteiger partial charge in [-0.15, -0.1) is 19.4 Å². The molecule has 0 aromatic heterocycles. The third-order valence-corrected chi connectivity index (χ3v) is 9.37. The van der Waals surface area contributed by atoms with Gasteiger partial charge in [0.25, 0.3) is 0 Å². The Bertz CT molecular complexity index is 2580. The summed E-state index contributed by atoms with van der Waals surface area (Å²) in [5, 5.41) is 5.04. The van der Waals surface area contributed by atoms with Crippen molar-refractivity contribution in [2.45, 2.75) is 61.6 Å². The molecule has 0 aliphatic heterocycles. The second-order valence-electron chi connectivity index (χ2n) is 14.5. The summed E-state index contributed by atoms with van der Waals surface area (Å²) in [5.74, 6) is 0.658. The highest BCUT2D eigenvalue weighted by Gasteiger charge is 2.14. The molecule has 0 spiro atoms. The van der Waals surface area contributed by atoms with Gasteiger partial charge in [0.1, 0.15) is 0 Å². The lowest BCUT2D eigenvalue weighted by atomic mass is 9.88. The molecule has 0 fully saturated rings. The summed E-state index contributed by atoms with van der Waals surface area (Å²) in [6, 6.07) is 40.0.